The molecule has 0 bridgehead atoms. The quantitative estimate of drug-likeness (QED) is 0.641. The Hall–Kier alpha value is -2.65. The van der Waals surface area contributed by atoms with Crippen molar-refractivity contribution in [1.82, 2.24) is 15.9 Å². The average Bonchev–Trinajstić information content (AvgIpc) is 3.17. The number of halogens is 3. The fourth-order valence-corrected chi connectivity index (χ4v) is 4.76. The maximum absolute atomic E-state index is 13.5. The highest BCUT2D eigenvalue weighted by Gasteiger charge is 2.46. The summed E-state index contributed by atoms with van der Waals surface area (Å²) in [7, 11) is 0. The van der Waals surface area contributed by atoms with Gasteiger partial charge in [-0.05, 0) is 63.1 Å². The number of hydrogen-bond acceptors (Lipinski definition) is 6. The Balaban J connectivity index is 1.41. The Kier molecular flexibility index (Phi) is 6.39. The van der Waals surface area contributed by atoms with Crippen molar-refractivity contribution in [2.24, 2.45) is 11.0 Å². The SMILES string of the molecule is C[C@@H](CC1CCC2(CC1)OC(=O)NN=C2c1ccc(F)cc1Cl)NC(=O)c1cc(Cl)no1. The Morgan fingerprint density at radius 1 is 1.34 bits per heavy atom. The van der Waals surface area contributed by atoms with Gasteiger partial charge in [-0.3, -0.25) is 4.79 Å². The van der Waals surface area contributed by atoms with Crippen molar-refractivity contribution in [2.75, 3.05) is 0 Å². The number of nitrogens with zero attached hydrogens (tertiary/aromatic N) is 2. The molecule has 2 amide bonds. The summed E-state index contributed by atoms with van der Waals surface area (Å²) in [4.78, 5) is 24.2. The Labute approximate surface area is 193 Å². The molecule has 0 saturated heterocycles. The molecule has 11 heteroatoms. The monoisotopic (exact) mass is 482 g/mol. The second-order valence-corrected chi connectivity index (χ2v) is 8.94. The van der Waals surface area contributed by atoms with Crippen LogP contribution in [0.1, 0.15) is 55.1 Å². The number of carbonyl (C=O) groups is 2. The van der Waals surface area contributed by atoms with Gasteiger partial charge in [-0.15, -0.1) is 0 Å². The van der Waals surface area contributed by atoms with Gasteiger partial charge in [0.2, 0.25) is 5.76 Å². The lowest BCUT2D eigenvalue weighted by Gasteiger charge is -2.42. The molecule has 2 aliphatic rings. The lowest BCUT2D eigenvalue weighted by molar-refractivity contribution is 0.0154. The number of rotatable bonds is 5. The first-order valence-corrected chi connectivity index (χ1v) is 11.0. The molecule has 32 heavy (non-hydrogen) atoms. The van der Waals surface area contributed by atoms with Crippen LogP contribution in [-0.4, -0.2) is 34.5 Å². The minimum atomic E-state index is -0.927. The van der Waals surface area contributed by atoms with Crippen LogP contribution in [-0.2, 0) is 4.74 Å². The molecule has 1 atom stereocenters. The fraction of sp³-hybridized carbons (Fsp3) is 0.429. The van der Waals surface area contributed by atoms with E-state index in [0.717, 1.165) is 19.3 Å². The third kappa shape index (κ3) is 4.73. The van der Waals surface area contributed by atoms with Gasteiger partial charge in [-0.1, -0.05) is 28.4 Å². The molecule has 0 radical (unpaired) electrons. The van der Waals surface area contributed by atoms with E-state index in [1.165, 1.54) is 18.2 Å². The first kappa shape index (κ1) is 22.5. The molecule has 1 spiro atoms. The van der Waals surface area contributed by atoms with E-state index in [-0.39, 0.29) is 27.9 Å². The van der Waals surface area contributed by atoms with Gasteiger partial charge >= 0.3 is 6.09 Å². The molecule has 4 rings (SSSR count). The number of aromatic nitrogens is 1. The van der Waals surface area contributed by atoms with Crippen LogP contribution in [0, 0.1) is 11.7 Å². The van der Waals surface area contributed by atoms with E-state index in [1.807, 2.05) is 6.92 Å². The van der Waals surface area contributed by atoms with Crippen LogP contribution in [0.2, 0.25) is 10.2 Å². The number of nitrogens with one attached hydrogen (secondary N) is 2. The molecule has 8 nitrogen and oxygen atoms in total. The highest BCUT2D eigenvalue weighted by molar-refractivity contribution is 6.35. The molecule has 1 fully saturated rings. The van der Waals surface area contributed by atoms with Crippen LogP contribution >= 0.6 is 23.2 Å². The summed E-state index contributed by atoms with van der Waals surface area (Å²) in [6, 6.07) is 5.30. The standard InChI is InChI=1S/C21H21Cl2FN4O4/c1-11(25-19(29)16-10-17(23)28-32-16)8-12-4-6-21(7-5-12)18(26-27-20(30)31-21)14-3-2-13(24)9-15(14)22/h2-3,9-12H,4-8H2,1H3,(H,25,29)(H,27,30)/t11-,12?,21?/m0/s1. The first-order valence-electron chi connectivity index (χ1n) is 10.2. The van der Waals surface area contributed by atoms with Crippen molar-refractivity contribution < 1.29 is 23.2 Å². The summed E-state index contributed by atoms with van der Waals surface area (Å²) in [6.07, 6.45) is 2.68. The van der Waals surface area contributed by atoms with Gasteiger partial charge in [0.05, 0.1) is 5.02 Å². The minimum absolute atomic E-state index is 0.0584. The van der Waals surface area contributed by atoms with E-state index in [9.17, 15) is 14.0 Å². The lowest BCUT2D eigenvalue weighted by atomic mass is 9.73. The van der Waals surface area contributed by atoms with E-state index >= 15 is 0 Å². The van der Waals surface area contributed by atoms with Gasteiger partial charge in [0.1, 0.15) is 11.5 Å². The predicted molar refractivity (Wildman–Crippen MR) is 115 cm³/mol. The summed E-state index contributed by atoms with van der Waals surface area (Å²) < 4.78 is 24.1. The maximum Gasteiger partial charge on any atom is 0.428 e. The topological polar surface area (TPSA) is 106 Å². The Morgan fingerprint density at radius 3 is 2.75 bits per heavy atom. The molecular formula is C21H21Cl2FN4O4. The summed E-state index contributed by atoms with van der Waals surface area (Å²) in [5.41, 5.74) is 2.42. The number of hydrogen-bond donors (Lipinski definition) is 2. The zero-order chi connectivity index (χ0) is 22.9. The molecule has 1 aromatic carbocycles. The number of carbonyl (C=O) groups excluding carboxylic acids is 2. The molecule has 1 aliphatic carbocycles. The summed E-state index contributed by atoms with van der Waals surface area (Å²) in [6.45, 7) is 1.91. The second kappa shape index (κ2) is 9.07. The van der Waals surface area contributed by atoms with E-state index in [4.69, 9.17) is 32.5 Å². The molecule has 2 N–H and O–H groups in total. The summed E-state index contributed by atoms with van der Waals surface area (Å²) >= 11 is 11.9. The first-order chi connectivity index (χ1) is 15.3. The molecule has 1 aliphatic heterocycles. The van der Waals surface area contributed by atoms with Gasteiger partial charge in [0.15, 0.2) is 10.8 Å². The van der Waals surface area contributed by atoms with Gasteiger partial charge in [-0.2, -0.15) is 5.10 Å². The van der Waals surface area contributed by atoms with E-state index in [0.29, 0.717) is 30.0 Å². The zero-order valence-electron chi connectivity index (χ0n) is 17.2. The highest BCUT2D eigenvalue weighted by Crippen LogP contribution is 2.41. The average molecular weight is 483 g/mol. The van der Waals surface area contributed by atoms with Crippen LogP contribution in [0.25, 0.3) is 0 Å². The Morgan fingerprint density at radius 2 is 2.09 bits per heavy atom. The zero-order valence-corrected chi connectivity index (χ0v) is 18.7. The van der Waals surface area contributed by atoms with E-state index < -0.39 is 17.5 Å². The molecule has 0 unspecified atom stereocenters. The molecule has 2 aromatic rings. The van der Waals surface area contributed by atoms with Crippen LogP contribution < -0.4 is 10.7 Å². The molecule has 170 valence electrons. The van der Waals surface area contributed by atoms with Crippen LogP contribution in [0.5, 0.6) is 0 Å². The van der Waals surface area contributed by atoms with Crippen LogP contribution in [0.3, 0.4) is 0 Å². The fourth-order valence-electron chi connectivity index (χ4n) is 4.37. The maximum atomic E-state index is 13.5. The normalized spacial score (nSPS) is 23.8. The largest absolute Gasteiger partial charge is 0.435 e. The van der Waals surface area contributed by atoms with Crippen molar-refractivity contribution in [1.29, 1.82) is 0 Å². The predicted octanol–water partition coefficient (Wildman–Crippen LogP) is 4.70. The number of benzene rings is 1. The third-order valence-electron chi connectivity index (χ3n) is 5.85. The van der Waals surface area contributed by atoms with Crippen molar-refractivity contribution >= 4 is 40.9 Å². The van der Waals surface area contributed by atoms with Crippen molar-refractivity contribution in [3.05, 3.63) is 51.6 Å². The van der Waals surface area contributed by atoms with Gasteiger partial charge < -0.3 is 14.6 Å². The molecule has 1 saturated carbocycles. The van der Waals surface area contributed by atoms with Crippen LogP contribution in [0.4, 0.5) is 9.18 Å². The van der Waals surface area contributed by atoms with Gasteiger partial charge in [-0.25, -0.2) is 14.6 Å². The van der Waals surface area contributed by atoms with E-state index in [2.05, 4.69) is 21.0 Å². The lowest BCUT2D eigenvalue weighted by Crippen LogP contribution is -2.52. The smallest absolute Gasteiger partial charge is 0.428 e. The molecular weight excluding hydrogens is 462 g/mol. The number of amides is 2. The van der Waals surface area contributed by atoms with Gasteiger partial charge in [0, 0.05) is 17.7 Å². The van der Waals surface area contributed by atoms with Crippen molar-refractivity contribution in [3.63, 3.8) is 0 Å². The molecule has 2 heterocycles. The number of hydrazone groups is 1. The van der Waals surface area contributed by atoms with Crippen molar-refractivity contribution in [3.8, 4) is 0 Å². The van der Waals surface area contributed by atoms with Gasteiger partial charge in [0.25, 0.3) is 5.91 Å². The Bertz CT molecular complexity index is 1070. The minimum Gasteiger partial charge on any atom is -0.435 e. The summed E-state index contributed by atoms with van der Waals surface area (Å²) in [5, 5.41) is 10.9. The van der Waals surface area contributed by atoms with Crippen molar-refractivity contribution in [2.45, 2.75) is 50.7 Å². The third-order valence-corrected chi connectivity index (χ3v) is 6.34. The second-order valence-electron chi connectivity index (χ2n) is 8.15. The van der Waals surface area contributed by atoms with E-state index in [1.54, 1.807) is 6.07 Å². The summed E-state index contributed by atoms with van der Waals surface area (Å²) in [5.74, 6) is -0.478. The molecule has 1 aromatic heterocycles. The highest BCUT2D eigenvalue weighted by atomic mass is 35.5. The number of ether oxygens (including phenoxy) is 1. The van der Waals surface area contributed by atoms with Crippen LogP contribution in [0.15, 0.2) is 33.9 Å².